The van der Waals surface area contributed by atoms with Crippen LogP contribution < -0.4 is 37.9 Å². The van der Waals surface area contributed by atoms with Crippen molar-refractivity contribution in [2.45, 2.75) is 60.3 Å². The number of hydrogen-bond acceptors (Lipinski definition) is 13. The van der Waals surface area contributed by atoms with Crippen molar-refractivity contribution in [3.8, 4) is 5.75 Å². The lowest BCUT2D eigenvalue weighted by Crippen LogP contribution is -2.27. The van der Waals surface area contributed by atoms with Gasteiger partial charge in [-0.3, -0.25) is 43.7 Å². The molecule has 2 saturated heterocycles. The van der Waals surface area contributed by atoms with E-state index < -0.39 is 23.6 Å². The first-order chi connectivity index (χ1) is 30.3. The van der Waals surface area contributed by atoms with Gasteiger partial charge in [-0.2, -0.15) is 10.2 Å². The number of pyridine rings is 1. The third-order valence-corrected chi connectivity index (χ3v) is 11.6. The zero-order valence-corrected chi connectivity index (χ0v) is 35.7. The molecule has 21 heteroatoms. The van der Waals surface area contributed by atoms with E-state index in [1.165, 1.54) is 16.9 Å². The first kappa shape index (κ1) is 42.6. The molecule has 2 aliphatic heterocycles. The maximum absolute atomic E-state index is 13.9. The zero-order valence-electron chi connectivity index (χ0n) is 35.7. The third-order valence-electron chi connectivity index (χ3n) is 11.6. The van der Waals surface area contributed by atoms with Crippen molar-refractivity contribution in [3.05, 3.63) is 76.5 Å². The van der Waals surface area contributed by atoms with Crippen LogP contribution in [0.4, 0.5) is 17.6 Å². The first-order valence-corrected chi connectivity index (χ1v) is 21.0. The van der Waals surface area contributed by atoms with Gasteiger partial charge in [0.1, 0.15) is 28.2 Å². The van der Waals surface area contributed by atoms with E-state index >= 15 is 0 Å². The summed E-state index contributed by atoms with van der Waals surface area (Å²) in [5, 5.41) is 18.1. The topological polar surface area (TPSA) is 279 Å². The number of amides is 4. The number of carbonyl (C=O) groups excluding carboxylic acids is 4. The molecule has 2 atom stereocenters. The van der Waals surface area contributed by atoms with Crippen LogP contribution in [-0.4, -0.2) is 112 Å². The molecule has 4 amide bonds. The molecule has 21 nitrogen and oxygen atoms in total. The standard InChI is InChI=1S/C42H52N16O5/c1-5-57-31(14-23(3)52-57)39(61)50-42-49-30-16-26(37(45)60)20-47-38(30)56(42)12-8-7-11-55-34-29(48-41(55)51-40(62)35-33(43)24(4)53-58(35)6-2)15-25(36(44)59)17-32(34)63-13-9-10-54-21-27-18-46-19-28(27)22-54/h7-8,14-17,20,27-28,46H,5-6,9-13,18-19,21-22,43H2,1-4H3,(H2,44,59)(H2,45,60)(H,48,51,62)(H,49,50,61)/b8-7+/t27-,28?/m0/s1. The van der Waals surface area contributed by atoms with Gasteiger partial charge in [-0.05, 0) is 83.3 Å². The number of nitrogens with two attached hydrogens (primary N) is 3. The minimum absolute atomic E-state index is 0.160. The van der Waals surface area contributed by atoms with E-state index in [-0.39, 0.29) is 47.5 Å². The van der Waals surface area contributed by atoms with Crippen LogP contribution in [0.15, 0.2) is 42.6 Å². The second-order valence-electron chi connectivity index (χ2n) is 15.9. The smallest absolute Gasteiger partial charge is 0.278 e. The lowest BCUT2D eigenvalue weighted by molar-refractivity contribution is 0.0991. The van der Waals surface area contributed by atoms with Crippen molar-refractivity contribution < 1.29 is 23.9 Å². The van der Waals surface area contributed by atoms with E-state index in [0.29, 0.717) is 76.6 Å². The van der Waals surface area contributed by atoms with Gasteiger partial charge in [-0.15, -0.1) is 0 Å². The lowest BCUT2D eigenvalue weighted by atomic mass is 10.0. The van der Waals surface area contributed by atoms with E-state index in [9.17, 15) is 19.2 Å². The number of aryl methyl sites for hydroxylation is 4. The van der Waals surface area contributed by atoms with E-state index in [1.54, 1.807) is 45.9 Å². The first-order valence-electron chi connectivity index (χ1n) is 21.0. The van der Waals surface area contributed by atoms with Crippen LogP contribution in [-0.2, 0) is 26.2 Å². The van der Waals surface area contributed by atoms with Crippen molar-refractivity contribution in [2.75, 3.05) is 55.7 Å². The summed E-state index contributed by atoms with van der Waals surface area (Å²) in [6.07, 6.45) is 5.79. The highest BCUT2D eigenvalue weighted by atomic mass is 16.5. The Morgan fingerprint density at radius 2 is 1.49 bits per heavy atom. The molecule has 0 radical (unpaired) electrons. The van der Waals surface area contributed by atoms with Gasteiger partial charge in [0, 0.05) is 57.6 Å². The average molecular weight is 861 g/mol. The molecule has 1 aromatic carbocycles. The summed E-state index contributed by atoms with van der Waals surface area (Å²) < 4.78 is 13.0. The van der Waals surface area contributed by atoms with Gasteiger partial charge in [-0.25, -0.2) is 15.0 Å². The van der Waals surface area contributed by atoms with Crippen LogP contribution in [0.3, 0.4) is 0 Å². The fourth-order valence-corrected chi connectivity index (χ4v) is 8.49. The van der Waals surface area contributed by atoms with Gasteiger partial charge in [0.15, 0.2) is 5.65 Å². The van der Waals surface area contributed by atoms with Gasteiger partial charge in [0.2, 0.25) is 23.7 Å². The van der Waals surface area contributed by atoms with Crippen LogP contribution in [0.5, 0.6) is 5.75 Å². The summed E-state index contributed by atoms with van der Waals surface area (Å²) in [6.45, 7) is 13.9. The molecule has 330 valence electrons. The number of nitrogen functional groups attached to an aromatic ring is 1. The number of hydrogen-bond donors (Lipinski definition) is 6. The summed E-state index contributed by atoms with van der Waals surface area (Å²) in [5.41, 5.74) is 21.7. The van der Waals surface area contributed by atoms with Crippen LogP contribution in [0.25, 0.3) is 22.2 Å². The fourth-order valence-electron chi connectivity index (χ4n) is 8.49. The lowest BCUT2D eigenvalue weighted by Gasteiger charge is -2.17. The Balaban J connectivity index is 1.11. The highest BCUT2D eigenvalue weighted by molar-refractivity contribution is 6.07. The Hall–Kier alpha value is -7.13. The van der Waals surface area contributed by atoms with Gasteiger partial charge >= 0.3 is 0 Å². The number of likely N-dealkylation sites (tertiary alicyclic amines) is 1. The monoisotopic (exact) mass is 860 g/mol. The third kappa shape index (κ3) is 8.56. The second kappa shape index (κ2) is 17.7. The van der Waals surface area contributed by atoms with Crippen LogP contribution in [0.2, 0.25) is 0 Å². The molecular weight excluding hydrogens is 809 g/mol. The number of fused-ring (bicyclic) bond motifs is 3. The van der Waals surface area contributed by atoms with Gasteiger partial charge in [-0.1, -0.05) is 12.2 Å². The van der Waals surface area contributed by atoms with Gasteiger partial charge in [0.25, 0.3) is 11.8 Å². The van der Waals surface area contributed by atoms with Crippen molar-refractivity contribution in [3.63, 3.8) is 0 Å². The molecule has 9 N–H and O–H groups in total. The number of anilines is 3. The molecule has 0 saturated carbocycles. The molecule has 1 unspecified atom stereocenters. The van der Waals surface area contributed by atoms with E-state index in [2.05, 4.69) is 41.0 Å². The molecule has 8 rings (SSSR count). The summed E-state index contributed by atoms with van der Waals surface area (Å²) in [7, 11) is 0. The fraction of sp³-hybridized carbons (Fsp3) is 0.405. The van der Waals surface area contributed by atoms with Gasteiger partial charge < -0.3 is 36.7 Å². The molecule has 6 aromatic rings. The van der Waals surface area contributed by atoms with Crippen molar-refractivity contribution in [1.82, 2.24) is 53.9 Å². The summed E-state index contributed by atoms with van der Waals surface area (Å²) in [5.74, 6) is -0.212. The predicted molar refractivity (Wildman–Crippen MR) is 235 cm³/mol. The largest absolute Gasteiger partial charge is 0.491 e. The Morgan fingerprint density at radius 3 is 2.19 bits per heavy atom. The molecule has 7 heterocycles. The zero-order chi connectivity index (χ0) is 44.5. The molecule has 5 aromatic heterocycles. The maximum atomic E-state index is 13.9. The molecule has 63 heavy (non-hydrogen) atoms. The minimum Gasteiger partial charge on any atom is -0.491 e. The van der Waals surface area contributed by atoms with Crippen LogP contribution in [0.1, 0.15) is 73.3 Å². The highest BCUT2D eigenvalue weighted by Gasteiger charge is 2.35. The Morgan fingerprint density at radius 1 is 0.841 bits per heavy atom. The summed E-state index contributed by atoms with van der Waals surface area (Å²) in [6, 6.07) is 6.37. The van der Waals surface area contributed by atoms with E-state index in [4.69, 9.17) is 26.9 Å². The molecule has 2 fully saturated rings. The van der Waals surface area contributed by atoms with Gasteiger partial charge in [0.05, 0.1) is 34.8 Å². The Labute approximate surface area is 362 Å². The molecule has 0 bridgehead atoms. The maximum Gasteiger partial charge on any atom is 0.278 e. The minimum atomic E-state index is -0.670. The van der Waals surface area contributed by atoms with Crippen LogP contribution >= 0.6 is 0 Å². The SMILES string of the molecule is CCn1nc(C)cc1C(=O)Nc1nc2cc(C(N)=O)cnc2n1C/C=C/Cn1c(NC(=O)c2c(N)c(C)nn2CC)nc2cc(C(N)=O)cc(OCCCN3CC4CNC[C@H]4C3)c21. The number of nitrogens with zero attached hydrogens (tertiary/aromatic N) is 10. The summed E-state index contributed by atoms with van der Waals surface area (Å²) >= 11 is 0. The Bertz CT molecular complexity index is 2770. The van der Waals surface area contributed by atoms with Crippen LogP contribution in [0, 0.1) is 25.7 Å². The van der Waals surface area contributed by atoms with E-state index in [0.717, 1.165) is 39.1 Å². The number of carbonyl (C=O) groups is 4. The summed E-state index contributed by atoms with van der Waals surface area (Å²) in [4.78, 5) is 68.5. The number of benzene rings is 1. The second-order valence-corrected chi connectivity index (χ2v) is 15.9. The highest BCUT2D eigenvalue weighted by Crippen LogP contribution is 2.32. The Kier molecular flexibility index (Phi) is 12.0. The molecular formula is C42H52N16O5. The van der Waals surface area contributed by atoms with E-state index in [1.807, 2.05) is 26.0 Å². The number of primary amides is 2. The van der Waals surface area contributed by atoms with Crippen molar-refractivity contribution in [2.24, 2.45) is 23.3 Å². The molecule has 0 spiro atoms. The quantitative estimate of drug-likeness (QED) is 0.0568. The number of nitrogens with one attached hydrogen (secondary N) is 3. The van der Waals surface area contributed by atoms with Crippen molar-refractivity contribution >= 4 is 63.4 Å². The number of allylic oxidation sites excluding steroid dienone is 2. The predicted octanol–water partition coefficient (Wildman–Crippen LogP) is 2.29. The number of ether oxygens (including phenoxy) is 1. The number of rotatable bonds is 17. The average Bonchev–Trinajstić information content (AvgIpc) is 4.11. The number of imidazole rings is 2. The number of aromatic nitrogens is 9. The normalized spacial score (nSPS) is 16.4. The molecule has 2 aliphatic rings. The molecule has 0 aliphatic carbocycles. The van der Waals surface area contributed by atoms with Crippen molar-refractivity contribution in [1.29, 1.82) is 0 Å².